The van der Waals surface area contributed by atoms with Gasteiger partial charge in [0.1, 0.15) is 5.82 Å². The number of hydrogen-bond acceptors (Lipinski definition) is 4. The maximum atomic E-state index is 13.5. The summed E-state index contributed by atoms with van der Waals surface area (Å²) in [4.78, 5) is 35.7. The van der Waals surface area contributed by atoms with Gasteiger partial charge in [0.2, 0.25) is 0 Å². The van der Waals surface area contributed by atoms with Gasteiger partial charge in [0.05, 0.1) is 11.3 Å². The molecule has 0 unspecified atom stereocenters. The summed E-state index contributed by atoms with van der Waals surface area (Å²) in [7, 11) is 1.79. The summed E-state index contributed by atoms with van der Waals surface area (Å²) < 4.78 is 20.2. The molecule has 0 aliphatic carbocycles. The first-order chi connectivity index (χ1) is 13.0. The van der Waals surface area contributed by atoms with Crippen LogP contribution in [0, 0.1) is 5.82 Å². The number of halogens is 1. The summed E-state index contributed by atoms with van der Waals surface area (Å²) >= 11 is 0. The molecule has 0 aliphatic heterocycles. The van der Waals surface area contributed by atoms with Crippen LogP contribution in [0.1, 0.15) is 10.4 Å². The summed E-state index contributed by atoms with van der Waals surface area (Å²) in [6, 6.07) is 11.9. The number of hydrogen-bond donors (Lipinski definition) is 2. The number of urea groups is 1. The highest BCUT2D eigenvalue weighted by molar-refractivity contribution is 6.06. The Hall–Kier alpha value is -3.68. The predicted molar refractivity (Wildman–Crippen MR) is 96.8 cm³/mol. The van der Waals surface area contributed by atoms with Crippen molar-refractivity contribution in [1.29, 1.82) is 0 Å². The average Bonchev–Trinajstić information content (AvgIpc) is 2.99. The van der Waals surface area contributed by atoms with Gasteiger partial charge in [-0.1, -0.05) is 30.3 Å². The van der Waals surface area contributed by atoms with Gasteiger partial charge in [-0.2, -0.15) is 0 Å². The second-order valence-corrected chi connectivity index (χ2v) is 5.73. The van der Waals surface area contributed by atoms with E-state index in [9.17, 15) is 18.8 Å². The highest BCUT2D eigenvalue weighted by Gasteiger charge is 2.17. The molecule has 0 atom stereocenters. The lowest BCUT2D eigenvalue weighted by atomic mass is 10.2. The Kier molecular flexibility index (Phi) is 5.16. The quantitative estimate of drug-likeness (QED) is 0.692. The van der Waals surface area contributed by atoms with Gasteiger partial charge in [-0.05, 0) is 18.2 Å². The fraction of sp³-hybridized carbons (Fsp3) is 0.105. The Balaban J connectivity index is 1.56. The summed E-state index contributed by atoms with van der Waals surface area (Å²) in [5, 5.41) is 4.86. The van der Waals surface area contributed by atoms with Crippen LogP contribution in [0.25, 0.3) is 10.9 Å². The van der Waals surface area contributed by atoms with Gasteiger partial charge in [0, 0.05) is 24.1 Å². The number of aryl methyl sites for hydroxylation is 1. The van der Waals surface area contributed by atoms with E-state index in [1.807, 2.05) is 17.4 Å². The summed E-state index contributed by atoms with van der Waals surface area (Å²) in [5.41, 5.74) is 1.09. The molecule has 3 rings (SSSR count). The topological polar surface area (TPSA) is 89.4 Å². The van der Waals surface area contributed by atoms with Crippen LogP contribution in [0.3, 0.4) is 0 Å². The standard InChI is InChI=1S/C19H16FN3O4/c1-23-10-13(12-6-2-5-9-16(12)23)18(25)27-11-17(24)22-19(26)21-15-8-4-3-7-14(15)20/h2-10H,11H2,1H3,(H2,21,22,24,26). The van der Waals surface area contributed by atoms with Crippen LogP contribution in [0.2, 0.25) is 0 Å². The number of benzene rings is 2. The lowest BCUT2D eigenvalue weighted by Crippen LogP contribution is -2.37. The number of para-hydroxylation sites is 2. The fourth-order valence-corrected chi connectivity index (χ4v) is 2.59. The van der Waals surface area contributed by atoms with Crippen molar-refractivity contribution in [3.8, 4) is 0 Å². The molecular weight excluding hydrogens is 353 g/mol. The average molecular weight is 369 g/mol. The van der Waals surface area contributed by atoms with E-state index < -0.39 is 30.3 Å². The van der Waals surface area contributed by atoms with Crippen LogP contribution in [0.5, 0.6) is 0 Å². The van der Waals surface area contributed by atoms with E-state index in [2.05, 4.69) is 5.32 Å². The summed E-state index contributed by atoms with van der Waals surface area (Å²) in [5.74, 6) is -2.16. The second-order valence-electron chi connectivity index (χ2n) is 5.73. The van der Waals surface area contributed by atoms with Gasteiger partial charge in [0.25, 0.3) is 5.91 Å². The zero-order chi connectivity index (χ0) is 19.4. The van der Waals surface area contributed by atoms with E-state index >= 15 is 0 Å². The molecule has 3 aromatic rings. The Bertz CT molecular complexity index is 1030. The van der Waals surface area contributed by atoms with Crippen molar-refractivity contribution < 1.29 is 23.5 Å². The predicted octanol–water partition coefficient (Wildman–Crippen LogP) is 2.82. The first kappa shape index (κ1) is 18.1. The van der Waals surface area contributed by atoms with Crippen LogP contribution in [0.15, 0.2) is 54.7 Å². The van der Waals surface area contributed by atoms with Crippen molar-refractivity contribution in [2.45, 2.75) is 0 Å². The van der Waals surface area contributed by atoms with Crippen LogP contribution in [0.4, 0.5) is 14.9 Å². The van der Waals surface area contributed by atoms with Gasteiger partial charge in [-0.15, -0.1) is 0 Å². The number of nitrogens with one attached hydrogen (secondary N) is 2. The number of amides is 3. The minimum atomic E-state index is -0.925. The number of carbonyl (C=O) groups is 3. The van der Waals surface area contributed by atoms with Crippen molar-refractivity contribution in [3.63, 3.8) is 0 Å². The smallest absolute Gasteiger partial charge is 0.340 e. The van der Waals surface area contributed by atoms with Crippen LogP contribution < -0.4 is 10.6 Å². The van der Waals surface area contributed by atoms with E-state index in [1.54, 1.807) is 29.9 Å². The number of ether oxygens (including phenoxy) is 1. The molecule has 2 N–H and O–H groups in total. The molecule has 3 amide bonds. The largest absolute Gasteiger partial charge is 0.452 e. The normalized spacial score (nSPS) is 10.4. The zero-order valence-electron chi connectivity index (χ0n) is 14.4. The first-order valence-corrected chi connectivity index (χ1v) is 8.02. The molecule has 0 spiro atoms. The molecule has 1 heterocycles. The highest BCUT2D eigenvalue weighted by Crippen LogP contribution is 2.20. The first-order valence-electron chi connectivity index (χ1n) is 8.02. The number of esters is 1. The lowest BCUT2D eigenvalue weighted by molar-refractivity contribution is -0.123. The Morgan fingerprint density at radius 1 is 1.07 bits per heavy atom. The van der Waals surface area contributed by atoms with E-state index in [-0.39, 0.29) is 5.69 Å². The third-order valence-corrected chi connectivity index (χ3v) is 3.83. The minimum Gasteiger partial charge on any atom is -0.452 e. The second kappa shape index (κ2) is 7.69. The van der Waals surface area contributed by atoms with E-state index in [0.717, 1.165) is 5.52 Å². The molecule has 0 saturated carbocycles. The molecule has 0 fully saturated rings. The fourth-order valence-electron chi connectivity index (χ4n) is 2.59. The molecule has 138 valence electrons. The van der Waals surface area contributed by atoms with Gasteiger partial charge in [-0.3, -0.25) is 10.1 Å². The summed E-state index contributed by atoms with van der Waals surface area (Å²) in [6.07, 6.45) is 1.61. The van der Waals surface area contributed by atoms with Crippen molar-refractivity contribution in [3.05, 3.63) is 66.1 Å². The molecule has 0 aliphatic rings. The molecule has 1 aromatic heterocycles. The number of anilines is 1. The number of carbonyl (C=O) groups excluding carboxylic acids is 3. The molecule has 27 heavy (non-hydrogen) atoms. The Morgan fingerprint density at radius 2 is 1.78 bits per heavy atom. The van der Waals surface area contributed by atoms with Crippen molar-refractivity contribution in [2.75, 3.05) is 11.9 Å². The summed E-state index contributed by atoms with van der Waals surface area (Å²) in [6.45, 7) is -0.646. The Labute approximate surface area is 153 Å². The molecule has 7 nitrogen and oxygen atoms in total. The Morgan fingerprint density at radius 3 is 2.56 bits per heavy atom. The molecule has 0 radical (unpaired) electrons. The third-order valence-electron chi connectivity index (χ3n) is 3.83. The number of aromatic nitrogens is 1. The lowest BCUT2D eigenvalue weighted by Gasteiger charge is -2.08. The molecule has 0 bridgehead atoms. The number of nitrogens with zero attached hydrogens (tertiary/aromatic N) is 1. The third kappa shape index (κ3) is 4.12. The maximum Gasteiger partial charge on any atom is 0.340 e. The zero-order valence-corrected chi connectivity index (χ0v) is 14.4. The van der Waals surface area contributed by atoms with Crippen LogP contribution in [-0.2, 0) is 16.6 Å². The van der Waals surface area contributed by atoms with Gasteiger partial charge < -0.3 is 14.6 Å². The SMILES string of the molecule is Cn1cc(C(=O)OCC(=O)NC(=O)Nc2ccccc2F)c2ccccc21. The van der Waals surface area contributed by atoms with Crippen LogP contribution >= 0.6 is 0 Å². The van der Waals surface area contributed by atoms with Crippen molar-refractivity contribution >= 4 is 34.5 Å². The van der Waals surface area contributed by atoms with Gasteiger partial charge >= 0.3 is 12.0 Å². The molecule has 2 aromatic carbocycles. The van der Waals surface area contributed by atoms with E-state index in [1.165, 1.54) is 24.3 Å². The number of imide groups is 1. The maximum absolute atomic E-state index is 13.5. The number of rotatable bonds is 4. The minimum absolute atomic E-state index is 0.0736. The monoisotopic (exact) mass is 369 g/mol. The number of fused-ring (bicyclic) bond motifs is 1. The van der Waals surface area contributed by atoms with Crippen molar-refractivity contribution in [1.82, 2.24) is 9.88 Å². The van der Waals surface area contributed by atoms with Gasteiger partial charge in [0.15, 0.2) is 6.61 Å². The van der Waals surface area contributed by atoms with Crippen molar-refractivity contribution in [2.24, 2.45) is 7.05 Å². The molecule has 0 saturated heterocycles. The molecule has 8 heteroatoms. The highest BCUT2D eigenvalue weighted by atomic mass is 19.1. The molecular formula is C19H16FN3O4. The van der Waals surface area contributed by atoms with E-state index in [0.29, 0.717) is 10.9 Å². The van der Waals surface area contributed by atoms with E-state index in [4.69, 9.17) is 4.74 Å². The van der Waals surface area contributed by atoms with Gasteiger partial charge in [-0.25, -0.2) is 14.0 Å². The van der Waals surface area contributed by atoms with Crippen LogP contribution in [-0.4, -0.2) is 29.1 Å².